The van der Waals surface area contributed by atoms with E-state index in [2.05, 4.69) is 0 Å². The Morgan fingerprint density at radius 1 is 1.08 bits per heavy atom. The van der Waals surface area contributed by atoms with Crippen LogP contribution in [0.25, 0.3) is 10.1 Å². The summed E-state index contributed by atoms with van der Waals surface area (Å²) in [7, 11) is -4.14. The molecule has 0 aliphatic carbocycles. The summed E-state index contributed by atoms with van der Waals surface area (Å²) in [6, 6.07) is 20.3. The first-order valence-corrected chi connectivity index (χ1v) is 14.5. The van der Waals surface area contributed by atoms with Crippen LogP contribution in [0.5, 0.6) is 5.75 Å². The lowest BCUT2D eigenvalue weighted by molar-refractivity contribution is 0.143. The number of aryl methyl sites for hydroxylation is 1. The van der Waals surface area contributed by atoms with E-state index >= 15 is 0 Å². The summed E-state index contributed by atoms with van der Waals surface area (Å²) in [4.78, 5) is 13.3. The summed E-state index contributed by atoms with van der Waals surface area (Å²) >= 11 is 7.67. The Morgan fingerprint density at radius 2 is 1.68 bits per heavy atom. The summed E-state index contributed by atoms with van der Waals surface area (Å²) in [6.07, 6.45) is -1.09. The van der Waals surface area contributed by atoms with E-state index in [0.29, 0.717) is 5.69 Å². The van der Waals surface area contributed by atoms with Crippen molar-refractivity contribution in [2.75, 3.05) is 17.3 Å². The number of hydrogen-bond acceptors (Lipinski definition) is 6. The van der Waals surface area contributed by atoms with Crippen LogP contribution in [-0.2, 0) is 26.8 Å². The van der Waals surface area contributed by atoms with Gasteiger partial charge >= 0.3 is 13.9 Å². The van der Waals surface area contributed by atoms with Gasteiger partial charge in [-0.05, 0) is 34.6 Å². The summed E-state index contributed by atoms with van der Waals surface area (Å²) in [6.45, 7) is 2.23. The van der Waals surface area contributed by atoms with Crippen molar-refractivity contribution < 1.29 is 28.0 Å². The number of benzene rings is 3. The maximum atomic E-state index is 14.0. The number of carbonyl (C=O) groups is 1. The third kappa shape index (κ3) is 5.40. The van der Waals surface area contributed by atoms with E-state index in [4.69, 9.17) is 25.2 Å². The fraction of sp³-hybridized carbons (Fsp3) is 0.222. The lowest BCUT2D eigenvalue weighted by atomic mass is 9.97. The lowest BCUT2D eigenvalue weighted by Gasteiger charge is -2.21. The molecule has 0 saturated heterocycles. The fourth-order valence-corrected chi connectivity index (χ4v) is 6.95. The Hall–Kier alpha value is -2.87. The largest absolute Gasteiger partial charge is 0.530 e. The van der Waals surface area contributed by atoms with Gasteiger partial charge in [-0.1, -0.05) is 60.7 Å². The fourth-order valence-electron chi connectivity index (χ4n) is 4.44. The van der Waals surface area contributed by atoms with Gasteiger partial charge in [-0.25, -0.2) is 9.36 Å². The molecule has 192 valence electrons. The lowest BCUT2D eigenvalue weighted by Crippen LogP contribution is -2.28. The molecule has 1 atom stereocenters. The van der Waals surface area contributed by atoms with Gasteiger partial charge in [0.1, 0.15) is 0 Å². The van der Waals surface area contributed by atoms with Crippen LogP contribution < -0.4 is 9.42 Å². The Kier molecular flexibility index (Phi) is 7.56. The summed E-state index contributed by atoms with van der Waals surface area (Å²) in [5, 5.41) is 12.7. The molecule has 1 aliphatic heterocycles. The van der Waals surface area contributed by atoms with Gasteiger partial charge in [0.25, 0.3) is 0 Å². The molecule has 0 radical (unpaired) electrons. The minimum Gasteiger partial charge on any atom is -0.465 e. The quantitative estimate of drug-likeness (QED) is 0.166. The van der Waals surface area contributed by atoms with Gasteiger partial charge in [-0.3, -0.25) is 13.9 Å². The zero-order valence-corrected chi connectivity index (χ0v) is 22.5. The highest BCUT2D eigenvalue weighted by Crippen LogP contribution is 2.56. The molecule has 0 fully saturated rings. The average molecular weight is 558 g/mol. The number of phosphoric acid groups is 1. The molecule has 3 aromatic carbocycles. The molecule has 1 unspecified atom stereocenters. The van der Waals surface area contributed by atoms with Gasteiger partial charge in [-0.15, -0.1) is 22.9 Å². The zero-order valence-electron chi connectivity index (χ0n) is 20.0. The van der Waals surface area contributed by atoms with Crippen LogP contribution in [0.2, 0.25) is 0 Å². The van der Waals surface area contributed by atoms with Crippen LogP contribution in [0.3, 0.4) is 0 Å². The molecule has 1 aromatic heterocycles. The van der Waals surface area contributed by atoms with Crippen LogP contribution in [0, 0.1) is 6.92 Å². The van der Waals surface area contributed by atoms with Gasteiger partial charge < -0.3 is 9.63 Å². The highest BCUT2D eigenvalue weighted by Gasteiger charge is 2.37. The number of halogens is 1. The van der Waals surface area contributed by atoms with E-state index in [1.165, 1.54) is 16.2 Å². The van der Waals surface area contributed by atoms with Crippen molar-refractivity contribution in [3.8, 4) is 5.75 Å². The number of thiophene rings is 1. The Morgan fingerprint density at radius 3 is 2.22 bits per heavy atom. The first kappa shape index (κ1) is 25.8. The van der Waals surface area contributed by atoms with E-state index < -0.39 is 13.9 Å². The van der Waals surface area contributed by atoms with Crippen molar-refractivity contribution in [1.82, 2.24) is 0 Å². The highest BCUT2D eigenvalue weighted by atomic mass is 35.5. The van der Waals surface area contributed by atoms with E-state index in [1.807, 2.05) is 73.0 Å². The predicted molar refractivity (Wildman–Crippen MR) is 146 cm³/mol. The van der Waals surface area contributed by atoms with Gasteiger partial charge in [0.15, 0.2) is 5.75 Å². The molecule has 7 nitrogen and oxygen atoms in total. The van der Waals surface area contributed by atoms with Crippen molar-refractivity contribution in [3.05, 3.63) is 94.4 Å². The SMILES string of the molecule is Cc1csc2c(OP(=O)(OCc3ccccc3)OCc3ccccc3)cc3c(c12)C(CCl)CN3C(=O)O. The maximum absolute atomic E-state index is 14.0. The van der Waals surface area contributed by atoms with Gasteiger partial charge in [-0.2, -0.15) is 0 Å². The molecular formula is C27H25ClNO6PS. The molecule has 1 amide bonds. The second kappa shape index (κ2) is 10.9. The molecule has 0 bridgehead atoms. The Bertz CT molecular complexity index is 1410. The molecule has 4 aromatic rings. The molecule has 1 N–H and O–H groups in total. The highest BCUT2D eigenvalue weighted by molar-refractivity contribution is 7.49. The molecule has 0 spiro atoms. The van der Waals surface area contributed by atoms with E-state index in [1.54, 1.807) is 6.07 Å². The van der Waals surface area contributed by atoms with Crippen molar-refractivity contribution in [2.24, 2.45) is 0 Å². The number of nitrogens with zero attached hydrogens (tertiary/aromatic N) is 1. The molecule has 0 saturated carbocycles. The van der Waals surface area contributed by atoms with E-state index in [9.17, 15) is 14.5 Å². The zero-order chi connectivity index (χ0) is 26.0. The Labute approximate surface area is 223 Å². The van der Waals surface area contributed by atoms with Crippen LogP contribution in [0.4, 0.5) is 10.5 Å². The molecule has 5 rings (SSSR count). The smallest absolute Gasteiger partial charge is 0.465 e. The minimum atomic E-state index is -4.14. The number of carboxylic acid groups (broad SMARTS) is 1. The first-order chi connectivity index (χ1) is 17.9. The number of alkyl halides is 1. The van der Waals surface area contributed by atoms with Crippen LogP contribution in [0.15, 0.2) is 72.1 Å². The topological polar surface area (TPSA) is 85.3 Å². The molecule has 2 heterocycles. The van der Waals surface area contributed by atoms with E-state index in [0.717, 1.165) is 32.3 Å². The maximum Gasteiger partial charge on any atom is 0.530 e. The second-order valence-corrected chi connectivity index (χ2v) is 11.5. The number of phosphoric ester groups is 1. The molecular weight excluding hydrogens is 533 g/mol. The average Bonchev–Trinajstić information content (AvgIpc) is 3.48. The third-order valence-electron chi connectivity index (χ3n) is 6.21. The van der Waals surface area contributed by atoms with Crippen molar-refractivity contribution in [3.63, 3.8) is 0 Å². The Balaban J connectivity index is 1.54. The molecule has 37 heavy (non-hydrogen) atoms. The normalized spacial score (nSPS) is 15.2. The first-order valence-electron chi connectivity index (χ1n) is 11.7. The number of fused-ring (bicyclic) bond motifs is 3. The summed E-state index contributed by atoms with van der Waals surface area (Å²) in [5.74, 6) is 0.367. The van der Waals surface area contributed by atoms with Gasteiger partial charge in [0.05, 0.1) is 23.6 Å². The van der Waals surface area contributed by atoms with Crippen molar-refractivity contribution in [2.45, 2.75) is 26.1 Å². The monoisotopic (exact) mass is 557 g/mol. The summed E-state index contributed by atoms with van der Waals surface area (Å²) < 4.78 is 32.4. The van der Waals surface area contributed by atoms with Crippen LogP contribution >= 0.6 is 30.8 Å². The van der Waals surface area contributed by atoms with E-state index in [-0.39, 0.29) is 37.3 Å². The van der Waals surface area contributed by atoms with Gasteiger partial charge in [0, 0.05) is 29.8 Å². The van der Waals surface area contributed by atoms with Crippen molar-refractivity contribution >= 4 is 52.6 Å². The van der Waals surface area contributed by atoms with Gasteiger partial charge in [0.2, 0.25) is 0 Å². The molecule has 1 aliphatic rings. The number of rotatable bonds is 9. The third-order valence-corrected chi connectivity index (χ3v) is 9.00. The number of hydrogen-bond donors (Lipinski definition) is 1. The standard InChI is InChI=1S/C27H25ClNO6PS/c1-18-17-37-26-23(12-22-25(24(18)26)21(13-28)14-29(22)27(30)31)35-36(32,33-15-19-8-4-2-5-9-19)34-16-20-10-6-3-7-11-20/h2-12,17,21H,13-16H2,1H3,(H,30,31). The van der Waals surface area contributed by atoms with Crippen LogP contribution in [-0.4, -0.2) is 23.6 Å². The summed E-state index contributed by atoms with van der Waals surface area (Å²) in [5.41, 5.74) is 3.92. The minimum absolute atomic E-state index is 0.0139. The van der Waals surface area contributed by atoms with Crippen molar-refractivity contribution in [1.29, 1.82) is 0 Å². The molecule has 10 heteroatoms. The second-order valence-electron chi connectivity index (χ2n) is 8.73. The predicted octanol–water partition coefficient (Wildman–Crippen LogP) is 7.95. The number of amides is 1. The number of anilines is 1. The van der Waals surface area contributed by atoms with Crippen LogP contribution in [0.1, 0.15) is 28.2 Å².